The van der Waals surface area contributed by atoms with E-state index in [1.165, 1.54) is 0 Å². The molecule has 0 fully saturated rings. The van der Waals surface area contributed by atoms with E-state index >= 15 is 0 Å². The summed E-state index contributed by atoms with van der Waals surface area (Å²) in [5.74, 6) is -1.19. The van der Waals surface area contributed by atoms with E-state index in [0.717, 1.165) is 4.68 Å². The summed E-state index contributed by atoms with van der Waals surface area (Å²) in [5, 5.41) is 7.19. The van der Waals surface area contributed by atoms with Crippen molar-refractivity contribution in [3.8, 4) is 0 Å². The van der Waals surface area contributed by atoms with Gasteiger partial charge < -0.3 is 15.2 Å². The summed E-state index contributed by atoms with van der Waals surface area (Å²) < 4.78 is 10.8. The average molecular weight is 256 g/mol. The van der Waals surface area contributed by atoms with Crippen LogP contribution in [0.5, 0.6) is 0 Å². The zero-order valence-corrected chi connectivity index (χ0v) is 10.5. The second-order valence-electron chi connectivity index (χ2n) is 3.74. The number of nitrogen functional groups attached to an aromatic ring is 1. The average Bonchev–Trinajstić information content (AvgIpc) is 2.60. The molecule has 2 N–H and O–H groups in total. The molecule has 0 aliphatic carbocycles. The minimum atomic E-state index is -0.669. The van der Waals surface area contributed by atoms with Crippen LogP contribution in [0.1, 0.15) is 31.3 Å². The van der Waals surface area contributed by atoms with Gasteiger partial charge in [-0.05, 0) is 20.8 Å². The molecule has 0 aromatic carbocycles. The Hall–Kier alpha value is -2.12. The third-order valence-corrected chi connectivity index (χ3v) is 1.89. The zero-order valence-electron chi connectivity index (χ0n) is 10.5. The lowest BCUT2D eigenvalue weighted by atomic mass is 10.4. The van der Waals surface area contributed by atoms with Crippen LogP contribution < -0.4 is 5.73 Å². The van der Waals surface area contributed by atoms with Crippen molar-refractivity contribution in [3.63, 3.8) is 0 Å². The maximum atomic E-state index is 11.6. The third-order valence-electron chi connectivity index (χ3n) is 1.89. The molecule has 100 valence electrons. The van der Waals surface area contributed by atoms with E-state index in [0.29, 0.717) is 0 Å². The highest BCUT2D eigenvalue weighted by molar-refractivity contribution is 5.92. The molecule has 1 rings (SSSR count). The van der Waals surface area contributed by atoms with Crippen LogP contribution in [0.4, 0.5) is 5.82 Å². The summed E-state index contributed by atoms with van der Waals surface area (Å²) in [6.45, 7) is 5.17. The number of carbonyl (C=O) groups is 2. The smallest absolute Gasteiger partial charge is 0.363 e. The lowest BCUT2D eigenvalue weighted by molar-refractivity contribution is -0.144. The molecule has 0 saturated heterocycles. The highest BCUT2D eigenvalue weighted by Gasteiger charge is 2.21. The molecule has 18 heavy (non-hydrogen) atoms. The predicted molar refractivity (Wildman–Crippen MR) is 61.6 cm³/mol. The topological polar surface area (TPSA) is 109 Å². The van der Waals surface area contributed by atoms with E-state index in [2.05, 4.69) is 10.3 Å². The lowest BCUT2D eigenvalue weighted by Crippen LogP contribution is -2.17. The van der Waals surface area contributed by atoms with Gasteiger partial charge in [-0.1, -0.05) is 5.21 Å². The first-order valence-corrected chi connectivity index (χ1v) is 5.51. The first-order valence-electron chi connectivity index (χ1n) is 5.51. The molecular weight excluding hydrogens is 240 g/mol. The summed E-state index contributed by atoms with van der Waals surface area (Å²) in [6.07, 6.45) is -0.285. The van der Waals surface area contributed by atoms with Gasteiger partial charge in [0.1, 0.15) is 6.54 Å². The van der Waals surface area contributed by atoms with Gasteiger partial charge in [0, 0.05) is 0 Å². The first kappa shape index (κ1) is 13.9. The van der Waals surface area contributed by atoms with Crippen molar-refractivity contribution in [1.29, 1.82) is 0 Å². The van der Waals surface area contributed by atoms with Crippen molar-refractivity contribution in [2.24, 2.45) is 0 Å². The minimum absolute atomic E-state index is 0.0197. The molecule has 0 unspecified atom stereocenters. The normalized spacial score (nSPS) is 10.4. The zero-order chi connectivity index (χ0) is 13.7. The maximum Gasteiger partial charge on any atom is 0.363 e. The van der Waals surface area contributed by atoms with E-state index in [9.17, 15) is 9.59 Å². The van der Waals surface area contributed by atoms with Crippen molar-refractivity contribution < 1.29 is 19.1 Å². The van der Waals surface area contributed by atoms with Gasteiger partial charge in [0.2, 0.25) is 5.69 Å². The summed E-state index contributed by atoms with van der Waals surface area (Å²) in [6, 6.07) is 0. The van der Waals surface area contributed by atoms with Crippen LogP contribution in [-0.2, 0) is 20.8 Å². The fourth-order valence-corrected chi connectivity index (χ4v) is 1.18. The Morgan fingerprint density at radius 1 is 1.44 bits per heavy atom. The molecule has 0 saturated carbocycles. The van der Waals surface area contributed by atoms with E-state index in [4.69, 9.17) is 15.2 Å². The second kappa shape index (κ2) is 5.99. The molecule has 1 aromatic heterocycles. The van der Waals surface area contributed by atoms with Gasteiger partial charge >= 0.3 is 11.9 Å². The number of hydrogen-bond acceptors (Lipinski definition) is 7. The Morgan fingerprint density at radius 3 is 2.67 bits per heavy atom. The molecule has 0 amide bonds. The van der Waals surface area contributed by atoms with Crippen molar-refractivity contribution in [2.75, 3.05) is 12.3 Å². The van der Waals surface area contributed by atoms with Gasteiger partial charge in [0.05, 0.1) is 12.7 Å². The number of nitrogens with two attached hydrogens (primary N) is 1. The highest BCUT2D eigenvalue weighted by atomic mass is 16.5. The predicted octanol–water partition coefficient (Wildman–Crippen LogP) is -0.0114. The molecule has 8 nitrogen and oxygen atoms in total. The Bertz CT molecular complexity index is 441. The fraction of sp³-hybridized carbons (Fsp3) is 0.600. The monoisotopic (exact) mass is 256 g/mol. The largest absolute Gasteiger partial charge is 0.465 e. The molecule has 0 aliphatic rings. The maximum absolute atomic E-state index is 11.6. The van der Waals surface area contributed by atoms with Crippen LogP contribution in [0.15, 0.2) is 0 Å². The Morgan fingerprint density at radius 2 is 2.11 bits per heavy atom. The molecule has 8 heteroatoms. The lowest BCUT2D eigenvalue weighted by Gasteiger charge is -2.06. The molecule has 1 aromatic rings. The third kappa shape index (κ3) is 3.44. The van der Waals surface area contributed by atoms with Crippen LogP contribution in [-0.4, -0.2) is 39.6 Å². The van der Waals surface area contributed by atoms with Crippen molar-refractivity contribution >= 4 is 17.8 Å². The summed E-state index contributed by atoms with van der Waals surface area (Å²) in [4.78, 5) is 22.8. The first-order chi connectivity index (χ1) is 8.45. The van der Waals surface area contributed by atoms with Gasteiger partial charge in [-0.3, -0.25) is 4.79 Å². The number of ether oxygens (including phenoxy) is 2. The van der Waals surface area contributed by atoms with E-state index < -0.39 is 11.9 Å². The Balaban J connectivity index is 2.77. The summed E-state index contributed by atoms with van der Waals surface area (Å²) >= 11 is 0. The SMILES string of the molecule is CCOC(=O)Cn1nnc(C(=O)OC(C)C)c1N. The summed E-state index contributed by atoms with van der Waals surface area (Å²) in [5.41, 5.74) is 5.55. The Labute approximate surface area is 104 Å². The number of nitrogens with zero attached hydrogens (tertiary/aromatic N) is 3. The molecular formula is C10H16N4O4. The van der Waals surface area contributed by atoms with E-state index in [-0.39, 0.29) is 30.8 Å². The summed E-state index contributed by atoms with van der Waals surface area (Å²) in [7, 11) is 0. The number of rotatable bonds is 5. The molecule has 0 bridgehead atoms. The van der Waals surface area contributed by atoms with Gasteiger partial charge in [-0.15, -0.1) is 5.10 Å². The minimum Gasteiger partial charge on any atom is -0.465 e. The number of aromatic nitrogens is 3. The standard InChI is InChI=1S/C10H16N4O4/c1-4-17-7(15)5-14-9(11)8(12-13-14)10(16)18-6(2)3/h6H,4-5,11H2,1-3H3. The van der Waals surface area contributed by atoms with E-state index in [1.807, 2.05) is 0 Å². The Kier molecular flexibility index (Phi) is 4.64. The number of hydrogen-bond donors (Lipinski definition) is 1. The number of anilines is 1. The van der Waals surface area contributed by atoms with Crippen LogP contribution in [0.25, 0.3) is 0 Å². The number of esters is 2. The van der Waals surface area contributed by atoms with Gasteiger partial charge in [0.25, 0.3) is 0 Å². The van der Waals surface area contributed by atoms with Crippen LogP contribution in [0, 0.1) is 0 Å². The van der Waals surface area contributed by atoms with Crippen LogP contribution >= 0.6 is 0 Å². The van der Waals surface area contributed by atoms with Crippen LogP contribution in [0.3, 0.4) is 0 Å². The quantitative estimate of drug-likeness (QED) is 0.737. The van der Waals surface area contributed by atoms with Crippen molar-refractivity contribution in [1.82, 2.24) is 15.0 Å². The molecule has 0 radical (unpaired) electrons. The van der Waals surface area contributed by atoms with E-state index in [1.54, 1.807) is 20.8 Å². The molecule has 0 atom stereocenters. The van der Waals surface area contributed by atoms with Crippen molar-refractivity contribution in [3.05, 3.63) is 5.69 Å². The number of carbonyl (C=O) groups excluding carboxylic acids is 2. The van der Waals surface area contributed by atoms with Crippen molar-refractivity contribution in [2.45, 2.75) is 33.4 Å². The van der Waals surface area contributed by atoms with Gasteiger partial charge in [-0.2, -0.15) is 0 Å². The molecule has 0 aliphatic heterocycles. The fourth-order valence-electron chi connectivity index (χ4n) is 1.18. The highest BCUT2D eigenvalue weighted by Crippen LogP contribution is 2.10. The second-order valence-corrected chi connectivity index (χ2v) is 3.74. The molecule has 0 spiro atoms. The van der Waals surface area contributed by atoms with Gasteiger partial charge in [0.15, 0.2) is 5.82 Å². The molecule has 1 heterocycles. The van der Waals surface area contributed by atoms with Gasteiger partial charge in [-0.25, -0.2) is 9.48 Å². The van der Waals surface area contributed by atoms with Crippen LogP contribution in [0.2, 0.25) is 0 Å².